The van der Waals surface area contributed by atoms with Crippen molar-refractivity contribution in [2.24, 2.45) is 0 Å². The third kappa shape index (κ3) is 4.69. The molecule has 0 fully saturated rings. The summed E-state index contributed by atoms with van der Waals surface area (Å²) < 4.78 is 32.7. The van der Waals surface area contributed by atoms with E-state index < -0.39 is 10.0 Å². The van der Waals surface area contributed by atoms with Crippen molar-refractivity contribution in [3.8, 4) is 29.2 Å². The van der Waals surface area contributed by atoms with Gasteiger partial charge in [-0.2, -0.15) is 4.72 Å². The number of imidazole rings is 1. The summed E-state index contributed by atoms with van der Waals surface area (Å²) in [4.78, 5) is 22.7. The number of ether oxygens (including phenoxy) is 1. The lowest BCUT2D eigenvalue weighted by molar-refractivity contribution is 0.0733. The van der Waals surface area contributed by atoms with Crippen LogP contribution in [0, 0.1) is 19.3 Å². The Labute approximate surface area is 209 Å². The molecule has 0 spiro atoms. The quantitative estimate of drug-likeness (QED) is 0.408. The summed E-state index contributed by atoms with van der Waals surface area (Å²) in [6, 6.07) is 17.9. The minimum atomic E-state index is -3.72. The average molecular weight is 501 g/mol. The lowest BCUT2D eigenvalue weighted by Gasteiger charge is -2.20. The van der Waals surface area contributed by atoms with E-state index in [9.17, 15) is 13.2 Å². The molecule has 2 N–H and O–H groups in total. The van der Waals surface area contributed by atoms with Gasteiger partial charge in [0.25, 0.3) is 5.91 Å². The van der Waals surface area contributed by atoms with Crippen molar-refractivity contribution in [3.63, 3.8) is 0 Å². The smallest absolute Gasteiger partial charge is 0.254 e. The summed E-state index contributed by atoms with van der Waals surface area (Å²) in [6.07, 6.45) is 5.13. The van der Waals surface area contributed by atoms with Gasteiger partial charge in [-0.25, -0.2) is 13.4 Å². The molecule has 9 heteroatoms. The maximum atomic E-state index is 13.3. The minimum absolute atomic E-state index is 0.0490. The number of benzene rings is 3. The lowest BCUT2D eigenvalue weighted by atomic mass is 10.0. The van der Waals surface area contributed by atoms with Gasteiger partial charge in [0.2, 0.25) is 10.0 Å². The highest BCUT2D eigenvalue weighted by Gasteiger charge is 2.22. The number of fused-ring (bicyclic) bond motifs is 2. The van der Waals surface area contributed by atoms with Gasteiger partial charge in [-0.3, -0.25) is 4.79 Å². The zero-order chi connectivity index (χ0) is 25.3. The van der Waals surface area contributed by atoms with Crippen LogP contribution in [0.3, 0.4) is 0 Å². The molecule has 1 aliphatic rings. The zero-order valence-electron chi connectivity index (χ0n) is 19.6. The number of hydrogen-bond acceptors (Lipinski definition) is 5. The summed E-state index contributed by atoms with van der Waals surface area (Å²) >= 11 is 0. The fourth-order valence-corrected chi connectivity index (χ4v) is 5.18. The standard InChI is InChI=1S/C27H24N4O4S/c1-3-12-28-36(33,34)23-8-4-19(5-9-23)27(32)31-13-14-35-26-11-7-20(15-22(26)17-31)21-6-10-24-25(16-21)30-18(2)29-24/h1,4-11,15-16,28H,12-14,17H2,2H3,(H,29,30). The molecule has 1 amide bonds. The number of hydrogen-bond donors (Lipinski definition) is 2. The number of nitrogens with zero attached hydrogens (tertiary/aromatic N) is 2. The van der Waals surface area contributed by atoms with Crippen LogP contribution in [0.4, 0.5) is 0 Å². The third-order valence-corrected chi connectivity index (χ3v) is 7.45. The van der Waals surface area contributed by atoms with E-state index in [4.69, 9.17) is 11.2 Å². The maximum absolute atomic E-state index is 13.3. The van der Waals surface area contributed by atoms with E-state index >= 15 is 0 Å². The van der Waals surface area contributed by atoms with Gasteiger partial charge in [0.1, 0.15) is 18.2 Å². The van der Waals surface area contributed by atoms with Crippen molar-refractivity contribution in [2.45, 2.75) is 18.4 Å². The highest BCUT2D eigenvalue weighted by molar-refractivity contribution is 7.89. The number of carbonyl (C=O) groups is 1. The number of aromatic nitrogens is 2. The summed E-state index contributed by atoms with van der Waals surface area (Å²) in [7, 11) is -3.72. The first-order valence-electron chi connectivity index (χ1n) is 11.4. The number of aryl methyl sites for hydroxylation is 1. The van der Waals surface area contributed by atoms with E-state index in [1.165, 1.54) is 24.3 Å². The number of sulfonamides is 1. The van der Waals surface area contributed by atoms with Gasteiger partial charge in [0.15, 0.2) is 0 Å². The molecular formula is C27H24N4O4S. The fourth-order valence-electron chi connectivity index (χ4n) is 4.24. The average Bonchev–Trinajstić information content (AvgIpc) is 3.12. The van der Waals surface area contributed by atoms with Gasteiger partial charge >= 0.3 is 0 Å². The maximum Gasteiger partial charge on any atom is 0.254 e. The molecule has 0 saturated heterocycles. The molecular weight excluding hydrogens is 476 g/mol. The first kappa shape index (κ1) is 23.6. The van der Waals surface area contributed by atoms with Crippen molar-refractivity contribution in [1.29, 1.82) is 0 Å². The Morgan fingerprint density at radius 2 is 1.89 bits per heavy atom. The Bertz CT molecular complexity index is 1600. The molecule has 1 aliphatic heterocycles. The molecule has 0 aliphatic carbocycles. The zero-order valence-corrected chi connectivity index (χ0v) is 20.4. The van der Waals surface area contributed by atoms with E-state index in [-0.39, 0.29) is 17.3 Å². The molecule has 4 aromatic rings. The Morgan fingerprint density at radius 3 is 2.67 bits per heavy atom. The van der Waals surface area contributed by atoms with Gasteiger partial charge < -0.3 is 14.6 Å². The van der Waals surface area contributed by atoms with Gasteiger partial charge in [-0.05, 0) is 66.6 Å². The van der Waals surface area contributed by atoms with Crippen molar-refractivity contribution >= 4 is 27.0 Å². The van der Waals surface area contributed by atoms with Crippen molar-refractivity contribution in [2.75, 3.05) is 19.7 Å². The highest BCUT2D eigenvalue weighted by atomic mass is 32.2. The second-order valence-electron chi connectivity index (χ2n) is 8.50. The molecule has 36 heavy (non-hydrogen) atoms. The second-order valence-corrected chi connectivity index (χ2v) is 10.3. The number of amides is 1. The Balaban J connectivity index is 1.38. The van der Waals surface area contributed by atoms with Crippen LogP contribution in [-0.4, -0.2) is 48.9 Å². The first-order chi connectivity index (χ1) is 17.3. The van der Waals surface area contributed by atoms with Crippen molar-refractivity contribution in [3.05, 3.63) is 77.6 Å². The van der Waals surface area contributed by atoms with Crippen molar-refractivity contribution in [1.82, 2.24) is 19.6 Å². The van der Waals surface area contributed by atoms with Crippen LogP contribution < -0.4 is 9.46 Å². The molecule has 1 aromatic heterocycles. The van der Waals surface area contributed by atoms with E-state index in [1.807, 2.05) is 37.3 Å². The summed E-state index contributed by atoms with van der Waals surface area (Å²) in [6.45, 7) is 2.96. The van der Waals surface area contributed by atoms with Crippen LogP contribution >= 0.6 is 0 Å². The molecule has 2 heterocycles. The lowest BCUT2D eigenvalue weighted by Crippen LogP contribution is -2.32. The number of carbonyl (C=O) groups excluding carboxylic acids is 1. The van der Waals surface area contributed by atoms with Crippen LogP contribution in [0.2, 0.25) is 0 Å². The molecule has 5 rings (SSSR count). The number of rotatable bonds is 5. The van der Waals surface area contributed by atoms with Gasteiger partial charge in [0, 0.05) is 17.7 Å². The molecule has 0 atom stereocenters. The van der Waals surface area contributed by atoms with E-state index in [0.29, 0.717) is 25.3 Å². The molecule has 0 unspecified atom stereocenters. The molecule has 0 radical (unpaired) electrons. The van der Waals surface area contributed by atoms with E-state index in [1.54, 1.807) is 4.90 Å². The SMILES string of the molecule is C#CCNS(=O)(=O)c1ccc(C(=O)N2CCOc3ccc(-c4ccc5nc(C)[nH]c5c4)cc3C2)cc1. The van der Waals surface area contributed by atoms with Crippen LogP contribution in [0.15, 0.2) is 65.6 Å². The highest BCUT2D eigenvalue weighted by Crippen LogP contribution is 2.31. The Morgan fingerprint density at radius 1 is 1.14 bits per heavy atom. The third-order valence-electron chi connectivity index (χ3n) is 6.04. The summed E-state index contributed by atoms with van der Waals surface area (Å²) in [5.41, 5.74) is 5.22. The number of aromatic amines is 1. The predicted octanol–water partition coefficient (Wildman–Crippen LogP) is 3.48. The number of terminal acetylenes is 1. The molecule has 182 valence electrons. The largest absolute Gasteiger partial charge is 0.491 e. The number of H-pyrrole nitrogens is 1. The predicted molar refractivity (Wildman–Crippen MR) is 137 cm³/mol. The van der Waals surface area contributed by atoms with Gasteiger partial charge in [-0.1, -0.05) is 18.1 Å². The van der Waals surface area contributed by atoms with E-state index in [2.05, 4.69) is 26.7 Å². The topological polar surface area (TPSA) is 104 Å². The van der Waals surface area contributed by atoms with Crippen LogP contribution in [0.25, 0.3) is 22.2 Å². The summed E-state index contributed by atoms with van der Waals surface area (Å²) in [5, 5.41) is 0. The molecule has 8 nitrogen and oxygen atoms in total. The van der Waals surface area contributed by atoms with Crippen LogP contribution in [0.5, 0.6) is 5.75 Å². The number of nitrogens with one attached hydrogen (secondary N) is 2. The minimum Gasteiger partial charge on any atom is -0.491 e. The van der Waals surface area contributed by atoms with Gasteiger partial charge in [0.05, 0.1) is 29.0 Å². The summed E-state index contributed by atoms with van der Waals surface area (Å²) in [5.74, 6) is 3.64. The second kappa shape index (κ2) is 9.49. The molecule has 0 bridgehead atoms. The monoisotopic (exact) mass is 500 g/mol. The van der Waals surface area contributed by atoms with Crippen LogP contribution in [0.1, 0.15) is 21.7 Å². The normalized spacial score (nSPS) is 13.5. The molecule has 3 aromatic carbocycles. The Kier molecular flexibility index (Phi) is 6.22. The van der Waals surface area contributed by atoms with Crippen molar-refractivity contribution < 1.29 is 17.9 Å². The Hall–Kier alpha value is -4.13. The first-order valence-corrected chi connectivity index (χ1v) is 12.9. The van der Waals surface area contributed by atoms with E-state index in [0.717, 1.165) is 39.3 Å². The fraction of sp³-hybridized carbons (Fsp3) is 0.185. The molecule has 0 saturated carbocycles. The van der Waals surface area contributed by atoms with Crippen LogP contribution in [-0.2, 0) is 16.6 Å². The van der Waals surface area contributed by atoms with Gasteiger partial charge in [-0.15, -0.1) is 6.42 Å².